The molecule has 0 fully saturated rings. The quantitative estimate of drug-likeness (QED) is 0.324. The van der Waals surface area contributed by atoms with Crippen LogP contribution in [0.4, 0.5) is 5.69 Å². The number of sulfone groups is 1. The molecule has 5 nitrogen and oxygen atoms in total. The topological polar surface area (TPSA) is 76.1 Å². The van der Waals surface area contributed by atoms with Crippen molar-refractivity contribution < 1.29 is 13.2 Å². The SMILES string of the molecule is Cc1cc(Cl)ccc1-c1cc(S(C)(=O)=O)ccc1C(=O)Nc1ccc(Cl)c(-c2ccccn2)c1. The van der Waals surface area contributed by atoms with E-state index in [1.807, 2.05) is 25.1 Å². The van der Waals surface area contributed by atoms with Crippen LogP contribution in [0.15, 0.2) is 83.9 Å². The average Bonchev–Trinajstić information content (AvgIpc) is 2.80. The van der Waals surface area contributed by atoms with Gasteiger partial charge in [-0.15, -0.1) is 0 Å². The van der Waals surface area contributed by atoms with Gasteiger partial charge in [-0.25, -0.2) is 8.42 Å². The van der Waals surface area contributed by atoms with Crippen LogP contribution in [0.5, 0.6) is 0 Å². The number of hydrogen-bond donors (Lipinski definition) is 1. The molecule has 1 amide bonds. The first-order valence-electron chi connectivity index (χ1n) is 10.3. The van der Waals surface area contributed by atoms with E-state index in [2.05, 4.69) is 10.3 Å². The van der Waals surface area contributed by atoms with E-state index in [0.29, 0.717) is 43.7 Å². The molecular weight excluding hydrogens is 491 g/mol. The standard InChI is InChI=1S/C26H20Cl2N2O3S/c1-16-13-17(27)6-9-20(16)22-15-19(34(2,32)33)8-10-21(22)26(31)30-18-7-11-24(28)23(14-18)25-5-3-4-12-29-25/h3-15H,1-2H3,(H,30,31). The summed E-state index contributed by atoms with van der Waals surface area (Å²) in [4.78, 5) is 17.8. The van der Waals surface area contributed by atoms with Gasteiger partial charge in [0, 0.05) is 34.3 Å². The van der Waals surface area contributed by atoms with Crippen LogP contribution >= 0.6 is 23.2 Å². The third kappa shape index (κ3) is 5.14. The first kappa shape index (κ1) is 24.0. The van der Waals surface area contributed by atoms with Crippen LogP contribution in [0.25, 0.3) is 22.4 Å². The Balaban J connectivity index is 1.77. The van der Waals surface area contributed by atoms with Gasteiger partial charge >= 0.3 is 0 Å². The van der Waals surface area contributed by atoms with E-state index in [1.54, 1.807) is 42.6 Å². The van der Waals surface area contributed by atoms with E-state index in [0.717, 1.165) is 11.8 Å². The number of carbonyl (C=O) groups excluding carboxylic acids is 1. The number of aryl methyl sites for hydroxylation is 1. The molecule has 34 heavy (non-hydrogen) atoms. The van der Waals surface area contributed by atoms with Crippen molar-refractivity contribution in [1.29, 1.82) is 0 Å². The van der Waals surface area contributed by atoms with Gasteiger partial charge < -0.3 is 5.32 Å². The molecule has 0 saturated carbocycles. The third-order valence-electron chi connectivity index (χ3n) is 5.31. The summed E-state index contributed by atoms with van der Waals surface area (Å²) in [6.07, 6.45) is 2.80. The van der Waals surface area contributed by atoms with Gasteiger partial charge in [0.15, 0.2) is 9.84 Å². The van der Waals surface area contributed by atoms with Crippen molar-refractivity contribution in [2.75, 3.05) is 11.6 Å². The van der Waals surface area contributed by atoms with E-state index in [9.17, 15) is 13.2 Å². The Morgan fingerprint density at radius 1 is 0.882 bits per heavy atom. The minimum Gasteiger partial charge on any atom is -0.322 e. The summed E-state index contributed by atoms with van der Waals surface area (Å²) in [6, 6.07) is 20.4. The van der Waals surface area contributed by atoms with Gasteiger partial charge in [-0.05, 0) is 84.3 Å². The lowest BCUT2D eigenvalue weighted by Gasteiger charge is -2.15. The van der Waals surface area contributed by atoms with Crippen molar-refractivity contribution in [3.63, 3.8) is 0 Å². The first-order valence-corrected chi connectivity index (χ1v) is 12.9. The number of benzene rings is 3. The number of anilines is 1. The van der Waals surface area contributed by atoms with Crippen LogP contribution in [0.2, 0.25) is 10.0 Å². The number of carbonyl (C=O) groups is 1. The molecule has 3 aromatic carbocycles. The van der Waals surface area contributed by atoms with Gasteiger partial charge in [-0.1, -0.05) is 35.3 Å². The molecule has 8 heteroatoms. The van der Waals surface area contributed by atoms with Gasteiger partial charge in [0.1, 0.15) is 0 Å². The molecule has 0 aliphatic rings. The molecule has 4 rings (SSSR count). The van der Waals surface area contributed by atoms with Crippen LogP contribution in [-0.4, -0.2) is 25.6 Å². The Bertz CT molecular complexity index is 1500. The molecule has 0 bridgehead atoms. The molecule has 0 atom stereocenters. The molecule has 172 valence electrons. The van der Waals surface area contributed by atoms with Crippen LogP contribution in [0.3, 0.4) is 0 Å². The van der Waals surface area contributed by atoms with E-state index in [4.69, 9.17) is 23.2 Å². The molecule has 1 aromatic heterocycles. The Kier molecular flexibility index (Phi) is 6.75. The Labute approximate surface area is 208 Å². The summed E-state index contributed by atoms with van der Waals surface area (Å²) < 4.78 is 24.4. The van der Waals surface area contributed by atoms with E-state index >= 15 is 0 Å². The van der Waals surface area contributed by atoms with Crippen LogP contribution in [-0.2, 0) is 9.84 Å². The van der Waals surface area contributed by atoms with Gasteiger partial charge in [-0.3, -0.25) is 9.78 Å². The summed E-state index contributed by atoms with van der Waals surface area (Å²) in [5.41, 5.74) is 4.24. The number of hydrogen-bond acceptors (Lipinski definition) is 4. The molecule has 1 heterocycles. The highest BCUT2D eigenvalue weighted by Crippen LogP contribution is 2.33. The summed E-state index contributed by atoms with van der Waals surface area (Å²) in [5.74, 6) is -0.390. The zero-order chi connectivity index (χ0) is 24.5. The molecule has 0 unspecified atom stereocenters. The lowest BCUT2D eigenvalue weighted by Crippen LogP contribution is -2.14. The van der Waals surface area contributed by atoms with Gasteiger partial charge in [0.25, 0.3) is 5.91 Å². The van der Waals surface area contributed by atoms with Gasteiger partial charge in [-0.2, -0.15) is 0 Å². The van der Waals surface area contributed by atoms with E-state index in [-0.39, 0.29) is 4.90 Å². The molecule has 0 aliphatic heterocycles. The smallest absolute Gasteiger partial charge is 0.256 e. The second kappa shape index (κ2) is 9.58. The predicted molar refractivity (Wildman–Crippen MR) is 137 cm³/mol. The number of amides is 1. The molecule has 0 radical (unpaired) electrons. The number of aromatic nitrogens is 1. The lowest BCUT2D eigenvalue weighted by atomic mass is 9.95. The second-order valence-corrected chi connectivity index (χ2v) is 10.7. The number of nitrogens with one attached hydrogen (secondary N) is 1. The fourth-order valence-corrected chi connectivity index (χ4v) is 4.71. The Morgan fingerprint density at radius 3 is 2.35 bits per heavy atom. The van der Waals surface area contributed by atoms with Crippen LogP contribution in [0, 0.1) is 6.92 Å². The fourth-order valence-electron chi connectivity index (χ4n) is 3.62. The second-order valence-electron chi connectivity index (χ2n) is 7.80. The summed E-state index contributed by atoms with van der Waals surface area (Å²) in [7, 11) is -3.48. The molecule has 4 aromatic rings. The van der Waals surface area contributed by atoms with Crippen molar-refractivity contribution in [2.45, 2.75) is 11.8 Å². The van der Waals surface area contributed by atoms with Gasteiger partial charge in [0.2, 0.25) is 0 Å². The maximum Gasteiger partial charge on any atom is 0.256 e. The fraction of sp³-hybridized carbons (Fsp3) is 0.0769. The molecular formula is C26H20Cl2N2O3S. The van der Waals surface area contributed by atoms with Crippen molar-refractivity contribution in [2.24, 2.45) is 0 Å². The average molecular weight is 511 g/mol. The summed E-state index contributed by atoms with van der Waals surface area (Å²) in [5, 5.41) is 3.95. The molecule has 0 aliphatic carbocycles. The highest BCUT2D eigenvalue weighted by Gasteiger charge is 2.19. The maximum absolute atomic E-state index is 13.3. The van der Waals surface area contributed by atoms with Gasteiger partial charge in [0.05, 0.1) is 15.6 Å². The summed E-state index contributed by atoms with van der Waals surface area (Å²) in [6.45, 7) is 1.86. The minimum absolute atomic E-state index is 0.123. The highest BCUT2D eigenvalue weighted by molar-refractivity contribution is 7.90. The number of nitrogens with zero attached hydrogens (tertiary/aromatic N) is 1. The monoisotopic (exact) mass is 510 g/mol. The highest BCUT2D eigenvalue weighted by atomic mass is 35.5. The molecule has 0 spiro atoms. The van der Waals surface area contributed by atoms with Crippen molar-refractivity contribution in [1.82, 2.24) is 4.98 Å². The van der Waals surface area contributed by atoms with Crippen LogP contribution < -0.4 is 5.32 Å². The lowest BCUT2D eigenvalue weighted by molar-refractivity contribution is 0.102. The minimum atomic E-state index is -3.48. The Hall–Kier alpha value is -3.19. The van der Waals surface area contributed by atoms with Crippen LogP contribution in [0.1, 0.15) is 15.9 Å². The number of pyridine rings is 1. The van der Waals surface area contributed by atoms with Crippen molar-refractivity contribution in [3.8, 4) is 22.4 Å². The summed E-state index contributed by atoms with van der Waals surface area (Å²) >= 11 is 12.5. The largest absolute Gasteiger partial charge is 0.322 e. The normalized spacial score (nSPS) is 11.3. The zero-order valence-electron chi connectivity index (χ0n) is 18.3. The number of halogens is 2. The third-order valence-corrected chi connectivity index (χ3v) is 6.98. The van der Waals surface area contributed by atoms with E-state index < -0.39 is 15.7 Å². The first-order chi connectivity index (χ1) is 16.1. The van der Waals surface area contributed by atoms with Crippen molar-refractivity contribution in [3.05, 3.63) is 100 Å². The van der Waals surface area contributed by atoms with Crippen molar-refractivity contribution >= 4 is 44.6 Å². The predicted octanol–water partition coefficient (Wildman–Crippen LogP) is 6.69. The maximum atomic E-state index is 13.3. The Morgan fingerprint density at radius 2 is 1.68 bits per heavy atom. The van der Waals surface area contributed by atoms with E-state index in [1.165, 1.54) is 18.2 Å². The zero-order valence-corrected chi connectivity index (χ0v) is 20.7. The molecule has 0 saturated heterocycles. The molecule has 1 N–H and O–H groups in total. The number of rotatable bonds is 5.